The standard InChI is InChI=1S/C12H25N3OS/c1-5-6-7-14-12(16)10(3)15(4)8-9(2)11(13)17/h9-10H,5-8H2,1-4H3,(H2,13,17)(H,14,16). The summed E-state index contributed by atoms with van der Waals surface area (Å²) in [7, 11) is 1.92. The van der Waals surface area contributed by atoms with Crippen molar-refractivity contribution in [2.24, 2.45) is 11.7 Å². The molecule has 4 nitrogen and oxygen atoms in total. The highest BCUT2D eigenvalue weighted by atomic mass is 32.1. The van der Waals surface area contributed by atoms with Crippen molar-refractivity contribution in [3.63, 3.8) is 0 Å². The molecule has 0 aromatic rings. The van der Waals surface area contributed by atoms with Crippen LogP contribution in [0, 0.1) is 5.92 Å². The first-order chi connectivity index (χ1) is 7.90. The lowest BCUT2D eigenvalue weighted by Gasteiger charge is -2.26. The molecule has 0 bridgehead atoms. The minimum absolute atomic E-state index is 0.0658. The fourth-order valence-electron chi connectivity index (χ4n) is 1.42. The van der Waals surface area contributed by atoms with Gasteiger partial charge in [0.1, 0.15) is 0 Å². The SMILES string of the molecule is CCCCNC(=O)C(C)N(C)CC(C)C(N)=S. The van der Waals surface area contributed by atoms with Gasteiger partial charge in [0.05, 0.1) is 11.0 Å². The summed E-state index contributed by atoms with van der Waals surface area (Å²) >= 11 is 4.93. The Morgan fingerprint density at radius 3 is 2.53 bits per heavy atom. The summed E-state index contributed by atoms with van der Waals surface area (Å²) in [5.74, 6) is 0.192. The van der Waals surface area contributed by atoms with E-state index >= 15 is 0 Å². The van der Waals surface area contributed by atoms with Gasteiger partial charge < -0.3 is 11.1 Å². The number of nitrogens with zero attached hydrogens (tertiary/aromatic N) is 1. The summed E-state index contributed by atoms with van der Waals surface area (Å²) in [5.41, 5.74) is 5.56. The zero-order valence-corrected chi connectivity index (χ0v) is 12.1. The van der Waals surface area contributed by atoms with Crippen molar-refractivity contribution >= 4 is 23.1 Å². The molecule has 0 aliphatic carbocycles. The number of carbonyl (C=O) groups is 1. The average molecular weight is 259 g/mol. The van der Waals surface area contributed by atoms with Crippen LogP contribution in [0.2, 0.25) is 0 Å². The monoisotopic (exact) mass is 259 g/mol. The normalized spacial score (nSPS) is 14.4. The van der Waals surface area contributed by atoms with Crippen molar-refractivity contribution in [1.82, 2.24) is 10.2 Å². The van der Waals surface area contributed by atoms with Crippen molar-refractivity contribution in [3.8, 4) is 0 Å². The number of nitrogens with one attached hydrogen (secondary N) is 1. The molecular formula is C12H25N3OS. The van der Waals surface area contributed by atoms with Gasteiger partial charge in [0.15, 0.2) is 0 Å². The molecule has 1 amide bonds. The van der Waals surface area contributed by atoms with Crippen LogP contribution in [0.1, 0.15) is 33.6 Å². The molecule has 2 unspecified atom stereocenters. The Labute approximate surface area is 110 Å². The van der Waals surface area contributed by atoms with Crippen LogP contribution in [0.4, 0.5) is 0 Å². The summed E-state index contributed by atoms with van der Waals surface area (Å²) in [5, 5.41) is 2.92. The molecule has 100 valence electrons. The maximum absolute atomic E-state index is 11.8. The minimum atomic E-state index is -0.149. The summed E-state index contributed by atoms with van der Waals surface area (Å²) < 4.78 is 0. The number of nitrogens with two attached hydrogens (primary N) is 1. The summed E-state index contributed by atoms with van der Waals surface area (Å²) in [4.78, 5) is 14.3. The van der Waals surface area contributed by atoms with Gasteiger partial charge in [0, 0.05) is 19.0 Å². The molecule has 0 radical (unpaired) electrons. The maximum Gasteiger partial charge on any atom is 0.237 e. The Morgan fingerprint density at radius 2 is 2.06 bits per heavy atom. The molecule has 0 saturated heterocycles. The molecule has 0 aromatic carbocycles. The Morgan fingerprint density at radius 1 is 1.47 bits per heavy atom. The van der Waals surface area contributed by atoms with Gasteiger partial charge in [0.25, 0.3) is 0 Å². The van der Waals surface area contributed by atoms with E-state index in [0.29, 0.717) is 11.5 Å². The molecule has 0 rings (SSSR count). The molecule has 3 N–H and O–H groups in total. The lowest BCUT2D eigenvalue weighted by atomic mass is 10.1. The fraction of sp³-hybridized carbons (Fsp3) is 0.833. The minimum Gasteiger partial charge on any atom is -0.393 e. The second-order valence-corrected chi connectivity index (χ2v) is 5.03. The highest BCUT2D eigenvalue weighted by Crippen LogP contribution is 2.03. The maximum atomic E-state index is 11.8. The van der Waals surface area contributed by atoms with E-state index in [2.05, 4.69) is 12.2 Å². The number of thiocarbonyl (C=S) groups is 1. The van der Waals surface area contributed by atoms with Crippen LogP contribution in [0.5, 0.6) is 0 Å². The molecule has 0 spiro atoms. The van der Waals surface area contributed by atoms with Crippen molar-refractivity contribution in [3.05, 3.63) is 0 Å². The highest BCUT2D eigenvalue weighted by Gasteiger charge is 2.19. The zero-order chi connectivity index (χ0) is 13.4. The van der Waals surface area contributed by atoms with Gasteiger partial charge in [-0.1, -0.05) is 32.5 Å². The number of likely N-dealkylation sites (N-methyl/N-ethyl adjacent to an activating group) is 1. The van der Waals surface area contributed by atoms with Crippen molar-refractivity contribution in [2.75, 3.05) is 20.1 Å². The van der Waals surface area contributed by atoms with Gasteiger partial charge in [0.2, 0.25) is 5.91 Å². The predicted molar refractivity (Wildman–Crippen MR) is 76.0 cm³/mol. The van der Waals surface area contributed by atoms with E-state index in [-0.39, 0.29) is 17.9 Å². The second kappa shape index (κ2) is 8.42. The molecule has 2 atom stereocenters. The third kappa shape index (κ3) is 6.58. The smallest absolute Gasteiger partial charge is 0.237 e. The van der Waals surface area contributed by atoms with Crippen LogP contribution in [0.25, 0.3) is 0 Å². The molecule has 0 fully saturated rings. The molecule has 0 aliphatic rings. The number of carbonyl (C=O) groups excluding carboxylic acids is 1. The Kier molecular flexibility index (Phi) is 8.08. The van der Waals surface area contributed by atoms with Crippen LogP contribution in [0.15, 0.2) is 0 Å². The van der Waals surface area contributed by atoms with Crippen LogP contribution in [-0.4, -0.2) is 42.0 Å². The number of unbranched alkanes of at least 4 members (excludes halogenated alkanes) is 1. The van der Waals surface area contributed by atoms with Crippen LogP contribution < -0.4 is 11.1 Å². The third-order valence-electron chi connectivity index (χ3n) is 2.92. The van der Waals surface area contributed by atoms with Crippen LogP contribution in [-0.2, 0) is 4.79 Å². The van der Waals surface area contributed by atoms with E-state index < -0.39 is 0 Å². The van der Waals surface area contributed by atoms with Crippen molar-refractivity contribution in [2.45, 2.75) is 39.7 Å². The first kappa shape index (κ1) is 16.3. The molecule has 5 heteroatoms. The van der Waals surface area contributed by atoms with Gasteiger partial charge in [-0.05, 0) is 20.4 Å². The molecule has 0 aromatic heterocycles. The lowest BCUT2D eigenvalue weighted by molar-refractivity contribution is -0.125. The molecule has 0 aliphatic heterocycles. The number of amides is 1. The number of hydrogen-bond donors (Lipinski definition) is 2. The van der Waals surface area contributed by atoms with E-state index in [0.717, 1.165) is 19.4 Å². The molecule has 17 heavy (non-hydrogen) atoms. The zero-order valence-electron chi connectivity index (χ0n) is 11.3. The van der Waals surface area contributed by atoms with Gasteiger partial charge in [-0.25, -0.2) is 0 Å². The Balaban J connectivity index is 4.06. The van der Waals surface area contributed by atoms with Gasteiger partial charge in [-0.3, -0.25) is 9.69 Å². The van der Waals surface area contributed by atoms with Gasteiger partial charge in [-0.15, -0.1) is 0 Å². The van der Waals surface area contributed by atoms with Crippen molar-refractivity contribution in [1.29, 1.82) is 0 Å². The Bertz CT molecular complexity index is 258. The van der Waals surface area contributed by atoms with E-state index in [1.54, 1.807) is 0 Å². The third-order valence-corrected chi connectivity index (χ3v) is 3.32. The second-order valence-electron chi connectivity index (χ2n) is 4.56. The molecule has 0 heterocycles. The first-order valence-electron chi connectivity index (χ1n) is 6.17. The van der Waals surface area contributed by atoms with Crippen LogP contribution in [0.3, 0.4) is 0 Å². The topological polar surface area (TPSA) is 58.4 Å². The van der Waals surface area contributed by atoms with E-state index in [1.807, 2.05) is 25.8 Å². The van der Waals surface area contributed by atoms with E-state index in [4.69, 9.17) is 18.0 Å². The van der Waals surface area contributed by atoms with Gasteiger partial charge >= 0.3 is 0 Å². The summed E-state index contributed by atoms with van der Waals surface area (Å²) in [6, 6.07) is -0.149. The number of rotatable bonds is 8. The molecule has 0 saturated carbocycles. The highest BCUT2D eigenvalue weighted by molar-refractivity contribution is 7.80. The van der Waals surface area contributed by atoms with Gasteiger partial charge in [-0.2, -0.15) is 0 Å². The quantitative estimate of drug-likeness (QED) is 0.507. The largest absolute Gasteiger partial charge is 0.393 e. The predicted octanol–water partition coefficient (Wildman–Crippen LogP) is 1.15. The summed E-state index contributed by atoms with van der Waals surface area (Å²) in [6.07, 6.45) is 2.11. The van der Waals surface area contributed by atoms with Crippen LogP contribution >= 0.6 is 12.2 Å². The summed E-state index contributed by atoms with van der Waals surface area (Å²) in [6.45, 7) is 7.43. The molecular weight excluding hydrogens is 234 g/mol. The van der Waals surface area contributed by atoms with E-state index in [9.17, 15) is 4.79 Å². The Hall–Kier alpha value is -0.680. The number of hydrogen-bond acceptors (Lipinski definition) is 3. The average Bonchev–Trinajstić information content (AvgIpc) is 2.27. The van der Waals surface area contributed by atoms with Crippen molar-refractivity contribution < 1.29 is 4.79 Å². The fourth-order valence-corrected chi connectivity index (χ4v) is 1.49. The first-order valence-corrected chi connectivity index (χ1v) is 6.58. The lowest BCUT2D eigenvalue weighted by Crippen LogP contribution is -2.46. The van der Waals surface area contributed by atoms with E-state index in [1.165, 1.54) is 0 Å².